The van der Waals surface area contributed by atoms with Crippen LogP contribution < -0.4 is 4.74 Å². The molecule has 1 unspecified atom stereocenters. The molecule has 1 aromatic rings. The summed E-state index contributed by atoms with van der Waals surface area (Å²) in [4.78, 5) is 28.8. The number of aliphatic imine (C=N–C) groups is 1. The molecule has 0 fully saturated rings. The van der Waals surface area contributed by atoms with Crippen LogP contribution in [0, 0.1) is 0 Å². The van der Waals surface area contributed by atoms with E-state index in [4.69, 9.17) is 19.2 Å². The first-order valence-corrected chi connectivity index (χ1v) is 8.53. The van der Waals surface area contributed by atoms with E-state index in [-0.39, 0.29) is 24.8 Å². The van der Waals surface area contributed by atoms with Gasteiger partial charge in [0, 0.05) is 17.7 Å². The lowest BCUT2D eigenvalue weighted by Gasteiger charge is -2.27. The molecule has 0 spiro atoms. The molecular weight excluding hydrogens is 322 g/mol. The molecule has 0 saturated carbocycles. The number of esters is 2. The Morgan fingerprint density at radius 3 is 2.44 bits per heavy atom. The summed E-state index contributed by atoms with van der Waals surface area (Å²) < 4.78 is 15.6. The van der Waals surface area contributed by atoms with Crippen LogP contribution in [0.3, 0.4) is 0 Å². The van der Waals surface area contributed by atoms with Gasteiger partial charge in [0.2, 0.25) is 0 Å². The van der Waals surface area contributed by atoms with Crippen molar-refractivity contribution in [1.29, 1.82) is 0 Å². The van der Waals surface area contributed by atoms with E-state index < -0.39 is 5.54 Å². The normalized spacial score (nSPS) is 18.3. The Morgan fingerprint density at radius 1 is 1.12 bits per heavy atom. The number of fused-ring (bicyclic) bond motifs is 1. The van der Waals surface area contributed by atoms with Crippen molar-refractivity contribution in [3.8, 4) is 5.75 Å². The first-order chi connectivity index (χ1) is 12.0. The van der Waals surface area contributed by atoms with Gasteiger partial charge in [0.05, 0.1) is 32.3 Å². The van der Waals surface area contributed by atoms with Crippen molar-refractivity contribution in [2.75, 3.05) is 20.3 Å². The van der Waals surface area contributed by atoms with Gasteiger partial charge in [-0.2, -0.15) is 0 Å². The summed E-state index contributed by atoms with van der Waals surface area (Å²) in [6.45, 7) is 6.06. The Balaban J connectivity index is 2.40. The summed E-state index contributed by atoms with van der Waals surface area (Å²) in [5.41, 5.74) is 1.74. The minimum atomic E-state index is -0.826. The number of carbonyl (C=O) groups excluding carboxylic acids is 2. The highest BCUT2D eigenvalue weighted by molar-refractivity contribution is 6.05. The second kappa shape index (κ2) is 8.14. The molecule has 0 N–H and O–H groups in total. The van der Waals surface area contributed by atoms with Gasteiger partial charge < -0.3 is 14.2 Å². The molecule has 0 amide bonds. The van der Waals surface area contributed by atoms with E-state index in [1.807, 2.05) is 25.1 Å². The smallest absolute Gasteiger partial charge is 0.308 e. The van der Waals surface area contributed by atoms with Crippen molar-refractivity contribution in [3.63, 3.8) is 0 Å². The Hall–Kier alpha value is -2.37. The van der Waals surface area contributed by atoms with Crippen LogP contribution in [0.1, 0.15) is 51.2 Å². The maximum Gasteiger partial charge on any atom is 0.308 e. The van der Waals surface area contributed by atoms with E-state index in [9.17, 15) is 9.59 Å². The fourth-order valence-electron chi connectivity index (χ4n) is 3.31. The zero-order chi connectivity index (χ0) is 18.4. The SMILES string of the molecule is CCOC(=O)CCC1(CC(=O)OCC)N=C(C)c2c(OC)cccc21. The third-order valence-corrected chi connectivity index (χ3v) is 4.28. The Kier molecular flexibility index (Phi) is 6.17. The lowest BCUT2D eigenvalue weighted by molar-refractivity contribution is -0.147. The monoisotopic (exact) mass is 347 g/mol. The van der Waals surface area contributed by atoms with E-state index in [0.29, 0.717) is 25.4 Å². The molecule has 0 radical (unpaired) electrons. The predicted molar refractivity (Wildman–Crippen MR) is 94.0 cm³/mol. The minimum absolute atomic E-state index is 0.0811. The molecule has 1 aromatic carbocycles. The standard InChI is InChI=1S/C19H25NO5/c1-5-24-16(21)10-11-19(12-17(22)25-6-2)14-8-7-9-15(23-4)18(14)13(3)20-19/h7-9H,5-6,10-12H2,1-4H3. The Bertz CT molecular complexity index is 682. The summed E-state index contributed by atoms with van der Waals surface area (Å²) in [6, 6.07) is 5.67. The second-order valence-corrected chi connectivity index (χ2v) is 5.90. The molecular formula is C19H25NO5. The predicted octanol–water partition coefficient (Wildman–Crippen LogP) is 3.01. The maximum absolute atomic E-state index is 12.2. The lowest BCUT2D eigenvalue weighted by atomic mass is 9.82. The molecule has 6 nitrogen and oxygen atoms in total. The number of benzene rings is 1. The van der Waals surface area contributed by atoms with Crippen LogP contribution in [0.5, 0.6) is 5.75 Å². The average molecular weight is 347 g/mol. The molecule has 136 valence electrons. The summed E-state index contributed by atoms with van der Waals surface area (Å²) in [5.74, 6) is 0.0779. The third-order valence-electron chi connectivity index (χ3n) is 4.28. The zero-order valence-electron chi connectivity index (χ0n) is 15.3. The van der Waals surface area contributed by atoms with Crippen LogP contribution in [0.25, 0.3) is 0 Å². The van der Waals surface area contributed by atoms with Crippen molar-refractivity contribution >= 4 is 17.7 Å². The van der Waals surface area contributed by atoms with E-state index in [2.05, 4.69) is 0 Å². The average Bonchev–Trinajstić information content (AvgIpc) is 2.86. The van der Waals surface area contributed by atoms with Crippen LogP contribution in [0.15, 0.2) is 23.2 Å². The molecule has 1 atom stereocenters. The number of ether oxygens (including phenoxy) is 3. The molecule has 25 heavy (non-hydrogen) atoms. The summed E-state index contributed by atoms with van der Waals surface area (Å²) in [5, 5.41) is 0. The lowest BCUT2D eigenvalue weighted by Crippen LogP contribution is -2.28. The van der Waals surface area contributed by atoms with Crippen LogP contribution in [0.4, 0.5) is 0 Å². The van der Waals surface area contributed by atoms with Gasteiger partial charge in [-0.15, -0.1) is 0 Å². The number of carbonyl (C=O) groups is 2. The minimum Gasteiger partial charge on any atom is -0.496 e. The van der Waals surface area contributed by atoms with Gasteiger partial charge in [0.1, 0.15) is 5.75 Å². The second-order valence-electron chi connectivity index (χ2n) is 5.90. The molecule has 2 rings (SSSR count). The third kappa shape index (κ3) is 4.00. The van der Waals surface area contributed by atoms with Crippen molar-refractivity contribution < 1.29 is 23.8 Å². The van der Waals surface area contributed by atoms with Gasteiger partial charge in [0.15, 0.2) is 0 Å². The van der Waals surface area contributed by atoms with Crippen LogP contribution >= 0.6 is 0 Å². The van der Waals surface area contributed by atoms with Gasteiger partial charge in [0.25, 0.3) is 0 Å². The van der Waals surface area contributed by atoms with Crippen molar-refractivity contribution in [1.82, 2.24) is 0 Å². The molecule has 6 heteroatoms. The maximum atomic E-state index is 12.2. The molecule has 1 heterocycles. The molecule has 0 aromatic heterocycles. The highest BCUT2D eigenvalue weighted by atomic mass is 16.5. The fourth-order valence-corrected chi connectivity index (χ4v) is 3.31. The van der Waals surface area contributed by atoms with E-state index in [1.54, 1.807) is 21.0 Å². The molecule has 1 aliphatic rings. The summed E-state index contributed by atoms with van der Waals surface area (Å²) in [7, 11) is 1.60. The topological polar surface area (TPSA) is 74.2 Å². The molecule has 0 bridgehead atoms. The van der Waals surface area contributed by atoms with Crippen molar-refractivity contribution in [3.05, 3.63) is 29.3 Å². The van der Waals surface area contributed by atoms with Crippen LogP contribution in [-0.2, 0) is 24.6 Å². The first kappa shape index (κ1) is 19.0. The fraction of sp³-hybridized carbons (Fsp3) is 0.526. The number of methoxy groups -OCH3 is 1. The summed E-state index contributed by atoms with van der Waals surface area (Å²) in [6.07, 6.45) is 0.639. The zero-order valence-corrected chi connectivity index (χ0v) is 15.3. The largest absolute Gasteiger partial charge is 0.496 e. The molecule has 0 aliphatic carbocycles. The van der Waals surface area contributed by atoms with E-state index in [0.717, 1.165) is 16.8 Å². The Labute approximate surface area is 148 Å². The first-order valence-electron chi connectivity index (χ1n) is 8.53. The number of hydrogen-bond acceptors (Lipinski definition) is 6. The molecule has 0 saturated heterocycles. The van der Waals surface area contributed by atoms with E-state index in [1.165, 1.54) is 0 Å². The highest BCUT2D eigenvalue weighted by Gasteiger charge is 2.42. The van der Waals surface area contributed by atoms with Gasteiger partial charge >= 0.3 is 11.9 Å². The Morgan fingerprint density at radius 2 is 1.80 bits per heavy atom. The van der Waals surface area contributed by atoms with Gasteiger partial charge in [-0.1, -0.05) is 12.1 Å². The number of hydrogen-bond donors (Lipinski definition) is 0. The summed E-state index contributed by atoms with van der Waals surface area (Å²) >= 11 is 0. The van der Waals surface area contributed by atoms with Crippen LogP contribution in [-0.4, -0.2) is 38.0 Å². The van der Waals surface area contributed by atoms with Crippen LogP contribution in [0.2, 0.25) is 0 Å². The van der Waals surface area contributed by atoms with Gasteiger partial charge in [-0.3, -0.25) is 14.6 Å². The quantitative estimate of drug-likeness (QED) is 0.676. The van der Waals surface area contributed by atoms with Gasteiger partial charge in [-0.25, -0.2) is 0 Å². The van der Waals surface area contributed by atoms with Crippen molar-refractivity contribution in [2.24, 2.45) is 4.99 Å². The van der Waals surface area contributed by atoms with E-state index >= 15 is 0 Å². The number of rotatable bonds is 8. The highest BCUT2D eigenvalue weighted by Crippen LogP contribution is 2.45. The van der Waals surface area contributed by atoms with Gasteiger partial charge in [-0.05, 0) is 38.8 Å². The number of nitrogens with zero attached hydrogens (tertiary/aromatic N) is 1. The van der Waals surface area contributed by atoms with Crippen molar-refractivity contribution in [2.45, 2.75) is 45.6 Å². The molecule has 1 aliphatic heterocycles.